The highest BCUT2D eigenvalue weighted by atomic mass is 19.1. The molecular weight excluding hydrogens is 381 g/mol. The van der Waals surface area contributed by atoms with Crippen LogP contribution in [0.3, 0.4) is 0 Å². The van der Waals surface area contributed by atoms with E-state index in [1.165, 1.54) is 11.0 Å². The summed E-state index contributed by atoms with van der Waals surface area (Å²) < 4.78 is 19.8. The molecule has 1 atom stereocenters. The number of nitrogens with zero attached hydrogens (tertiary/aromatic N) is 1. The standard InChI is InChI=1S/C24H26FN3O2/c1-18-6-4-7-19(16-18)24(29)26-17-22(23-10-5-15-30-23)28-13-11-27(12-14-28)21-9-3-2-8-20(21)25/h2-10,15-16,22H,11-14,17H2,1H3,(H,26,29)/p+1/t22-/m0/s1. The van der Waals surface area contributed by atoms with E-state index in [1.54, 1.807) is 12.3 Å². The molecule has 3 aromatic rings. The van der Waals surface area contributed by atoms with Gasteiger partial charge < -0.3 is 19.5 Å². The summed E-state index contributed by atoms with van der Waals surface area (Å²) in [4.78, 5) is 16.0. The quantitative estimate of drug-likeness (QED) is 0.659. The molecule has 6 heteroatoms. The van der Waals surface area contributed by atoms with Crippen LogP contribution in [-0.4, -0.2) is 38.6 Å². The van der Waals surface area contributed by atoms with E-state index in [1.807, 2.05) is 55.5 Å². The first kappa shape index (κ1) is 20.2. The summed E-state index contributed by atoms with van der Waals surface area (Å²) in [7, 11) is 0. The van der Waals surface area contributed by atoms with E-state index in [-0.39, 0.29) is 17.8 Å². The van der Waals surface area contributed by atoms with Gasteiger partial charge in [-0.05, 0) is 43.3 Å². The zero-order valence-corrected chi connectivity index (χ0v) is 17.1. The number of para-hydroxylation sites is 1. The van der Waals surface area contributed by atoms with E-state index in [9.17, 15) is 9.18 Å². The molecule has 0 aliphatic carbocycles. The fourth-order valence-corrected chi connectivity index (χ4v) is 4.11. The third-order valence-electron chi connectivity index (χ3n) is 5.73. The van der Waals surface area contributed by atoms with Crippen LogP contribution in [0.1, 0.15) is 27.7 Å². The van der Waals surface area contributed by atoms with Crippen molar-refractivity contribution in [3.63, 3.8) is 0 Å². The Bertz CT molecular complexity index is 982. The van der Waals surface area contributed by atoms with Crippen LogP contribution in [0.15, 0.2) is 71.3 Å². The third kappa shape index (κ3) is 4.54. The van der Waals surface area contributed by atoms with E-state index in [4.69, 9.17) is 4.42 Å². The van der Waals surface area contributed by atoms with Gasteiger partial charge in [-0.3, -0.25) is 4.79 Å². The van der Waals surface area contributed by atoms with Crippen LogP contribution in [0.2, 0.25) is 0 Å². The Morgan fingerprint density at radius 3 is 2.63 bits per heavy atom. The van der Waals surface area contributed by atoms with Gasteiger partial charge in [0.05, 0.1) is 44.7 Å². The zero-order valence-electron chi connectivity index (χ0n) is 17.1. The van der Waals surface area contributed by atoms with Crippen molar-refractivity contribution in [2.75, 3.05) is 37.6 Å². The lowest BCUT2D eigenvalue weighted by Gasteiger charge is -2.37. The summed E-state index contributed by atoms with van der Waals surface area (Å²) >= 11 is 0. The normalized spacial score (nSPS) is 15.7. The first-order chi connectivity index (χ1) is 14.6. The predicted molar refractivity (Wildman–Crippen MR) is 114 cm³/mol. The van der Waals surface area contributed by atoms with Gasteiger partial charge in [0, 0.05) is 5.56 Å². The van der Waals surface area contributed by atoms with Crippen LogP contribution in [-0.2, 0) is 0 Å². The molecule has 1 saturated heterocycles. The van der Waals surface area contributed by atoms with Gasteiger partial charge in [0.25, 0.3) is 5.91 Å². The minimum atomic E-state index is -0.186. The fourth-order valence-electron chi connectivity index (χ4n) is 4.11. The number of anilines is 1. The van der Waals surface area contributed by atoms with Gasteiger partial charge in [-0.2, -0.15) is 0 Å². The Kier molecular flexibility index (Phi) is 6.14. The lowest BCUT2D eigenvalue weighted by Crippen LogP contribution is -3.15. The molecule has 1 fully saturated rings. The van der Waals surface area contributed by atoms with Gasteiger partial charge in [0.1, 0.15) is 5.82 Å². The van der Waals surface area contributed by atoms with E-state index in [2.05, 4.69) is 10.2 Å². The van der Waals surface area contributed by atoms with E-state index in [0.717, 1.165) is 37.5 Å². The highest BCUT2D eigenvalue weighted by Crippen LogP contribution is 2.19. The minimum absolute atomic E-state index is 0.0107. The molecule has 30 heavy (non-hydrogen) atoms. The fraction of sp³-hybridized carbons (Fsp3) is 0.292. The number of aryl methyl sites for hydroxylation is 1. The zero-order chi connectivity index (χ0) is 20.9. The van der Waals surface area contributed by atoms with Gasteiger partial charge in [0.2, 0.25) is 0 Å². The average Bonchev–Trinajstić information content (AvgIpc) is 3.29. The first-order valence-corrected chi connectivity index (χ1v) is 10.3. The highest BCUT2D eigenvalue weighted by Gasteiger charge is 2.31. The van der Waals surface area contributed by atoms with Gasteiger partial charge in [-0.15, -0.1) is 0 Å². The topological polar surface area (TPSA) is 49.9 Å². The van der Waals surface area contributed by atoms with E-state index < -0.39 is 0 Å². The van der Waals surface area contributed by atoms with Gasteiger partial charge in [0.15, 0.2) is 11.8 Å². The maximum Gasteiger partial charge on any atom is 0.251 e. The maximum absolute atomic E-state index is 14.1. The van der Waals surface area contributed by atoms with Crippen LogP contribution in [0.5, 0.6) is 0 Å². The van der Waals surface area contributed by atoms with Gasteiger partial charge in [-0.25, -0.2) is 4.39 Å². The summed E-state index contributed by atoms with van der Waals surface area (Å²) in [5.74, 6) is 0.586. The second-order valence-electron chi connectivity index (χ2n) is 7.74. The number of hydrogen-bond donors (Lipinski definition) is 2. The second-order valence-corrected chi connectivity index (χ2v) is 7.74. The maximum atomic E-state index is 14.1. The Morgan fingerprint density at radius 2 is 1.93 bits per heavy atom. The molecular formula is C24H27FN3O2+. The van der Waals surface area contributed by atoms with Gasteiger partial charge in [-0.1, -0.05) is 29.8 Å². The van der Waals surface area contributed by atoms with Crippen molar-refractivity contribution in [1.82, 2.24) is 5.32 Å². The molecule has 2 N–H and O–H groups in total. The molecule has 2 heterocycles. The molecule has 1 amide bonds. The van der Waals surface area contributed by atoms with Crippen molar-refractivity contribution in [2.45, 2.75) is 13.0 Å². The lowest BCUT2D eigenvalue weighted by molar-refractivity contribution is -0.932. The third-order valence-corrected chi connectivity index (χ3v) is 5.73. The summed E-state index contributed by atoms with van der Waals surface area (Å²) in [6.45, 7) is 5.62. The first-order valence-electron chi connectivity index (χ1n) is 10.3. The Morgan fingerprint density at radius 1 is 1.13 bits per heavy atom. The molecule has 0 spiro atoms. The molecule has 4 rings (SSSR count). The summed E-state index contributed by atoms with van der Waals surface area (Å²) in [5.41, 5.74) is 2.37. The SMILES string of the molecule is Cc1cccc(C(=O)NC[C@@H](c2ccco2)[NH+]2CCN(c3ccccc3F)CC2)c1. The van der Waals surface area contributed by atoms with E-state index in [0.29, 0.717) is 17.8 Å². The Balaban J connectivity index is 1.42. The number of rotatable bonds is 6. The number of halogens is 1. The highest BCUT2D eigenvalue weighted by molar-refractivity contribution is 5.94. The molecule has 0 radical (unpaired) electrons. The summed E-state index contributed by atoms with van der Waals surface area (Å²) in [5, 5.41) is 3.07. The van der Waals surface area contributed by atoms with Crippen molar-refractivity contribution in [3.8, 4) is 0 Å². The van der Waals surface area contributed by atoms with Crippen molar-refractivity contribution >= 4 is 11.6 Å². The number of benzene rings is 2. The molecule has 1 aliphatic rings. The van der Waals surface area contributed by atoms with Crippen molar-refractivity contribution in [1.29, 1.82) is 0 Å². The molecule has 0 unspecified atom stereocenters. The van der Waals surface area contributed by atoms with Gasteiger partial charge >= 0.3 is 0 Å². The van der Waals surface area contributed by atoms with E-state index >= 15 is 0 Å². The monoisotopic (exact) mass is 408 g/mol. The molecule has 5 nitrogen and oxygen atoms in total. The molecule has 0 saturated carbocycles. The van der Waals surface area contributed by atoms with Crippen LogP contribution in [0, 0.1) is 12.7 Å². The average molecular weight is 408 g/mol. The molecule has 1 aliphatic heterocycles. The number of piperazine rings is 1. The summed E-state index contributed by atoms with van der Waals surface area (Å²) in [6, 6.07) is 18.3. The van der Waals surface area contributed by atoms with Crippen LogP contribution < -0.4 is 15.1 Å². The predicted octanol–water partition coefficient (Wildman–Crippen LogP) is 2.60. The largest absolute Gasteiger partial charge is 0.463 e. The smallest absolute Gasteiger partial charge is 0.251 e. The number of furan rings is 1. The lowest BCUT2D eigenvalue weighted by atomic mass is 10.1. The number of amides is 1. The Labute approximate surface area is 176 Å². The minimum Gasteiger partial charge on any atom is -0.463 e. The van der Waals surface area contributed by atoms with Crippen molar-refractivity contribution < 1.29 is 18.5 Å². The molecule has 0 bridgehead atoms. The summed E-state index contributed by atoms with van der Waals surface area (Å²) in [6.07, 6.45) is 1.67. The number of quaternary nitrogens is 1. The number of nitrogens with one attached hydrogen (secondary N) is 2. The number of carbonyl (C=O) groups is 1. The second kappa shape index (κ2) is 9.13. The van der Waals surface area contributed by atoms with Crippen molar-refractivity contribution in [2.24, 2.45) is 0 Å². The molecule has 2 aromatic carbocycles. The van der Waals surface area contributed by atoms with Crippen LogP contribution in [0.25, 0.3) is 0 Å². The molecule has 1 aromatic heterocycles. The molecule has 156 valence electrons. The van der Waals surface area contributed by atoms with Crippen molar-refractivity contribution in [3.05, 3.63) is 89.6 Å². The Hall–Kier alpha value is -3.12. The van der Waals surface area contributed by atoms with Crippen LogP contribution in [0.4, 0.5) is 10.1 Å². The van der Waals surface area contributed by atoms with Crippen LogP contribution >= 0.6 is 0 Å². The number of carbonyl (C=O) groups excluding carboxylic acids is 1. The number of hydrogen-bond acceptors (Lipinski definition) is 3.